The van der Waals surface area contributed by atoms with Crippen LogP contribution in [0.3, 0.4) is 0 Å². The zero-order chi connectivity index (χ0) is 14.6. The van der Waals surface area contributed by atoms with Crippen molar-refractivity contribution >= 4 is 10.0 Å². The molecule has 0 atom stereocenters. The van der Waals surface area contributed by atoms with Gasteiger partial charge in [-0.1, -0.05) is 12.1 Å². The second-order valence-corrected chi connectivity index (χ2v) is 6.35. The summed E-state index contributed by atoms with van der Waals surface area (Å²) in [5, 5.41) is 17.6. The van der Waals surface area contributed by atoms with Crippen molar-refractivity contribution < 1.29 is 8.42 Å². The summed E-state index contributed by atoms with van der Waals surface area (Å²) < 4.78 is 26.4. The maximum atomic E-state index is 12.5. The summed E-state index contributed by atoms with van der Waals surface area (Å²) in [7, 11) is -3.64. The van der Waals surface area contributed by atoms with Gasteiger partial charge < -0.3 is 0 Å². The van der Waals surface area contributed by atoms with Crippen molar-refractivity contribution in [2.75, 3.05) is 32.7 Å². The highest BCUT2D eigenvalue weighted by atomic mass is 32.2. The lowest BCUT2D eigenvalue weighted by Gasteiger charge is -2.32. The number of rotatable bonds is 3. The molecule has 20 heavy (non-hydrogen) atoms. The number of nitriles is 2. The molecular weight excluding hydrogens is 276 g/mol. The summed E-state index contributed by atoms with van der Waals surface area (Å²) in [5.74, 6) is 0. The molecule has 7 heteroatoms. The Morgan fingerprint density at radius 1 is 1.10 bits per heavy atom. The molecule has 0 aliphatic carbocycles. The van der Waals surface area contributed by atoms with Crippen LogP contribution in [0.4, 0.5) is 0 Å². The summed E-state index contributed by atoms with van der Waals surface area (Å²) >= 11 is 0. The molecule has 0 unspecified atom stereocenters. The zero-order valence-electron chi connectivity index (χ0n) is 10.9. The molecular formula is C13H14N4O2S. The van der Waals surface area contributed by atoms with Crippen molar-refractivity contribution in [3.05, 3.63) is 29.8 Å². The lowest BCUT2D eigenvalue weighted by atomic mass is 10.2. The average molecular weight is 290 g/mol. The van der Waals surface area contributed by atoms with Gasteiger partial charge in [0, 0.05) is 26.2 Å². The van der Waals surface area contributed by atoms with Gasteiger partial charge in [0.1, 0.15) is 6.07 Å². The first-order valence-corrected chi connectivity index (χ1v) is 7.62. The second-order valence-electron chi connectivity index (χ2n) is 4.45. The lowest BCUT2D eigenvalue weighted by Crippen LogP contribution is -2.48. The van der Waals surface area contributed by atoms with Crippen LogP contribution >= 0.6 is 0 Å². The minimum Gasteiger partial charge on any atom is -0.288 e. The monoisotopic (exact) mass is 290 g/mol. The van der Waals surface area contributed by atoms with Crippen LogP contribution in [0.25, 0.3) is 0 Å². The minimum absolute atomic E-state index is 0.0521. The molecule has 0 N–H and O–H groups in total. The van der Waals surface area contributed by atoms with E-state index in [1.807, 2.05) is 11.0 Å². The van der Waals surface area contributed by atoms with Gasteiger partial charge in [-0.15, -0.1) is 0 Å². The molecule has 104 valence electrons. The Balaban J connectivity index is 2.21. The highest BCUT2D eigenvalue weighted by Gasteiger charge is 2.29. The average Bonchev–Trinajstić information content (AvgIpc) is 2.48. The molecule has 0 aromatic heterocycles. The lowest BCUT2D eigenvalue weighted by molar-refractivity contribution is 0.206. The van der Waals surface area contributed by atoms with Crippen molar-refractivity contribution in [2.45, 2.75) is 4.90 Å². The number of piperazine rings is 1. The predicted octanol–water partition coefficient (Wildman–Crippen LogP) is 0.388. The Hall–Kier alpha value is -1.93. The standard InChI is InChI=1S/C13H14N4O2S/c14-5-6-16-7-9-17(10-8-16)20(18,19)13-4-2-1-3-12(13)11-15/h1-4H,6-10H2. The van der Waals surface area contributed by atoms with Crippen LogP contribution in [0.1, 0.15) is 5.56 Å². The maximum Gasteiger partial charge on any atom is 0.244 e. The van der Waals surface area contributed by atoms with Gasteiger partial charge in [0.2, 0.25) is 10.0 Å². The summed E-state index contributed by atoms with van der Waals surface area (Å²) in [5.41, 5.74) is 0.159. The van der Waals surface area contributed by atoms with Gasteiger partial charge in [0.15, 0.2) is 0 Å². The third-order valence-corrected chi connectivity index (χ3v) is 5.21. The molecule has 1 aliphatic rings. The Kier molecular flexibility index (Phi) is 4.35. The van der Waals surface area contributed by atoms with Crippen LogP contribution in [-0.4, -0.2) is 50.3 Å². The largest absolute Gasteiger partial charge is 0.288 e. The van der Waals surface area contributed by atoms with Crippen molar-refractivity contribution in [1.82, 2.24) is 9.21 Å². The van der Waals surface area contributed by atoms with Gasteiger partial charge in [-0.25, -0.2) is 8.42 Å². The molecule has 0 amide bonds. The van der Waals surface area contributed by atoms with Gasteiger partial charge in [-0.2, -0.15) is 14.8 Å². The molecule has 1 saturated heterocycles. The van der Waals surface area contributed by atoms with E-state index in [1.165, 1.54) is 16.4 Å². The van der Waals surface area contributed by atoms with E-state index in [0.717, 1.165) is 0 Å². The van der Waals surface area contributed by atoms with Crippen LogP contribution in [0.15, 0.2) is 29.2 Å². The second kappa shape index (κ2) is 6.02. The predicted molar refractivity (Wildman–Crippen MR) is 72.0 cm³/mol. The van der Waals surface area contributed by atoms with E-state index >= 15 is 0 Å². The first-order chi connectivity index (χ1) is 9.59. The maximum absolute atomic E-state index is 12.5. The van der Waals surface area contributed by atoms with E-state index in [0.29, 0.717) is 32.7 Å². The third kappa shape index (κ3) is 2.81. The molecule has 1 aliphatic heterocycles. The van der Waals surface area contributed by atoms with E-state index in [1.54, 1.807) is 12.1 Å². The van der Waals surface area contributed by atoms with Gasteiger partial charge in [-0.05, 0) is 12.1 Å². The number of hydrogen-bond donors (Lipinski definition) is 0. The van der Waals surface area contributed by atoms with Crippen LogP contribution in [-0.2, 0) is 10.0 Å². The Morgan fingerprint density at radius 2 is 1.75 bits per heavy atom. The molecule has 1 aromatic rings. The van der Waals surface area contributed by atoms with Gasteiger partial charge in [0.05, 0.1) is 23.1 Å². The molecule has 0 spiro atoms. The van der Waals surface area contributed by atoms with Crippen molar-refractivity contribution in [3.8, 4) is 12.1 Å². The van der Waals surface area contributed by atoms with Crippen LogP contribution in [0.2, 0.25) is 0 Å². The van der Waals surface area contributed by atoms with Crippen molar-refractivity contribution in [2.24, 2.45) is 0 Å². The SMILES string of the molecule is N#CCN1CCN(S(=O)(=O)c2ccccc2C#N)CC1. The zero-order valence-corrected chi connectivity index (χ0v) is 11.7. The highest BCUT2D eigenvalue weighted by Crippen LogP contribution is 2.20. The Bertz CT molecular complexity index is 664. The quantitative estimate of drug-likeness (QED) is 0.751. The van der Waals surface area contributed by atoms with Crippen molar-refractivity contribution in [1.29, 1.82) is 10.5 Å². The van der Waals surface area contributed by atoms with Crippen LogP contribution in [0, 0.1) is 22.7 Å². The van der Waals surface area contributed by atoms with Gasteiger partial charge >= 0.3 is 0 Å². The molecule has 0 radical (unpaired) electrons. The molecule has 2 rings (SSSR count). The number of sulfonamides is 1. The van der Waals surface area contributed by atoms with Gasteiger partial charge in [-0.3, -0.25) is 4.90 Å². The Morgan fingerprint density at radius 3 is 2.35 bits per heavy atom. The fraction of sp³-hybridized carbons (Fsp3) is 0.385. The van der Waals surface area contributed by atoms with E-state index in [4.69, 9.17) is 10.5 Å². The molecule has 6 nitrogen and oxygen atoms in total. The van der Waals surface area contributed by atoms with E-state index in [-0.39, 0.29) is 10.5 Å². The summed E-state index contributed by atoms with van der Waals surface area (Å²) in [6.45, 7) is 2.04. The van der Waals surface area contributed by atoms with Crippen molar-refractivity contribution in [3.63, 3.8) is 0 Å². The number of hydrogen-bond acceptors (Lipinski definition) is 5. The summed E-state index contributed by atoms with van der Waals surface area (Å²) in [6.07, 6.45) is 0. The normalized spacial score (nSPS) is 17.3. The van der Waals surface area contributed by atoms with E-state index in [2.05, 4.69) is 6.07 Å². The summed E-state index contributed by atoms with van der Waals surface area (Å²) in [6, 6.07) is 10.2. The van der Waals surface area contributed by atoms with E-state index in [9.17, 15) is 8.42 Å². The summed E-state index contributed by atoms with van der Waals surface area (Å²) in [4.78, 5) is 1.96. The minimum atomic E-state index is -3.64. The Labute approximate surface area is 118 Å². The first kappa shape index (κ1) is 14.5. The highest BCUT2D eigenvalue weighted by molar-refractivity contribution is 7.89. The first-order valence-electron chi connectivity index (χ1n) is 6.18. The topological polar surface area (TPSA) is 88.2 Å². The smallest absolute Gasteiger partial charge is 0.244 e. The van der Waals surface area contributed by atoms with Crippen LogP contribution in [0.5, 0.6) is 0 Å². The number of nitrogens with zero attached hydrogens (tertiary/aromatic N) is 4. The van der Waals surface area contributed by atoms with E-state index < -0.39 is 10.0 Å². The molecule has 1 heterocycles. The molecule has 1 aromatic carbocycles. The molecule has 0 saturated carbocycles. The molecule has 0 bridgehead atoms. The fourth-order valence-corrected chi connectivity index (χ4v) is 3.72. The third-order valence-electron chi connectivity index (χ3n) is 3.25. The van der Waals surface area contributed by atoms with Gasteiger partial charge in [0.25, 0.3) is 0 Å². The van der Waals surface area contributed by atoms with Crippen LogP contribution < -0.4 is 0 Å². The number of benzene rings is 1. The fourth-order valence-electron chi connectivity index (χ4n) is 2.15. The molecule has 1 fully saturated rings.